The Balaban J connectivity index is 0.000000671. The van der Waals surface area contributed by atoms with Gasteiger partial charge in [0.15, 0.2) is 0 Å². The van der Waals surface area contributed by atoms with E-state index in [0.29, 0.717) is 0 Å². The smallest absolute Gasteiger partial charge is 0.124 e. The lowest BCUT2D eigenvalue weighted by atomic mass is 10.2. The van der Waals surface area contributed by atoms with Crippen LogP contribution in [0.1, 0.15) is 32.4 Å². The second-order valence-electron chi connectivity index (χ2n) is 2.44. The van der Waals surface area contributed by atoms with Gasteiger partial charge < -0.3 is 9.26 Å². The summed E-state index contributed by atoms with van der Waals surface area (Å²) in [6, 6.07) is 1.90. The van der Waals surface area contributed by atoms with Crippen molar-refractivity contribution >= 4 is 0 Å². The van der Waals surface area contributed by atoms with Crippen LogP contribution in [0.25, 0.3) is 0 Å². The molecule has 0 fully saturated rings. The molecule has 0 aliphatic heterocycles. The lowest BCUT2D eigenvalue weighted by Crippen LogP contribution is -1.91. The van der Waals surface area contributed by atoms with Crippen LogP contribution in [-0.4, -0.2) is 18.9 Å². The van der Waals surface area contributed by atoms with Gasteiger partial charge in [-0.3, -0.25) is 0 Å². The van der Waals surface area contributed by atoms with E-state index < -0.39 is 0 Å². The fourth-order valence-corrected chi connectivity index (χ4v) is 0.919. The minimum absolute atomic E-state index is 0.831. The summed E-state index contributed by atoms with van der Waals surface area (Å²) in [7, 11) is 1.72. The fourth-order valence-electron chi connectivity index (χ4n) is 0.919. The predicted molar refractivity (Wildman–Crippen MR) is 52.7 cm³/mol. The molecule has 1 aromatic heterocycles. The van der Waals surface area contributed by atoms with Crippen LogP contribution in [-0.2, 0) is 11.2 Å². The molecule has 0 N–H and O–H groups in total. The molecule has 0 atom stereocenters. The number of ether oxygens (including phenoxy) is 1. The monoisotopic (exact) mass is 185 g/mol. The van der Waals surface area contributed by atoms with Gasteiger partial charge in [0.1, 0.15) is 6.26 Å². The fraction of sp³-hybridized carbons (Fsp3) is 0.700. The maximum Gasteiger partial charge on any atom is 0.124 e. The minimum atomic E-state index is 0.831. The number of hydrogen-bond donors (Lipinski definition) is 0. The van der Waals surface area contributed by atoms with Gasteiger partial charge >= 0.3 is 0 Å². The van der Waals surface area contributed by atoms with Crippen molar-refractivity contribution in [3.05, 3.63) is 18.0 Å². The zero-order valence-electron chi connectivity index (χ0n) is 8.75. The maximum atomic E-state index is 4.92. The van der Waals surface area contributed by atoms with Crippen LogP contribution in [0.4, 0.5) is 0 Å². The lowest BCUT2D eigenvalue weighted by Gasteiger charge is -1.95. The highest BCUT2D eigenvalue weighted by Gasteiger charge is 1.94. The van der Waals surface area contributed by atoms with Crippen molar-refractivity contribution in [3.63, 3.8) is 0 Å². The van der Waals surface area contributed by atoms with Gasteiger partial charge in [-0.05, 0) is 19.3 Å². The van der Waals surface area contributed by atoms with Gasteiger partial charge in [0, 0.05) is 19.8 Å². The first-order valence-electron chi connectivity index (χ1n) is 4.81. The van der Waals surface area contributed by atoms with Crippen molar-refractivity contribution in [2.24, 2.45) is 0 Å². The standard InChI is InChI=1S/C8H13NO2.C2H6/c1-10-6-3-2-4-8-5-7-11-9-8;1-2/h5,7H,2-4,6H2,1H3;1-2H3. The second kappa shape index (κ2) is 9.26. The van der Waals surface area contributed by atoms with E-state index in [1.165, 1.54) is 0 Å². The van der Waals surface area contributed by atoms with Crippen molar-refractivity contribution in [1.82, 2.24) is 5.16 Å². The molecule has 3 heteroatoms. The molecular weight excluding hydrogens is 166 g/mol. The highest BCUT2D eigenvalue weighted by molar-refractivity contribution is 4.94. The van der Waals surface area contributed by atoms with Gasteiger partial charge in [0.05, 0.1) is 5.69 Å². The number of unbranched alkanes of at least 4 members (excludes halogenated alkanes) is 1. The molecule has 0 saturated heterocycles. The normalized spacial score (nSPS) is 9.15. The van der Waals surface area contributed by atoms with Crippen molar-refractivity contribution in [1.29, 1.82) is 0 Å². The van der Waals surface area contributed by atoms with Gasteiger partial charge in [-0.15, -0.1) is 0 Å². The third-order valence-corrected chi connectivity index (χ3v) is 1.52. The Hall–Kier alpha value is -0.830. The summed E-state index contributed by atoms with van der Waals surface area (Å²) in [6.45, 7) is 4.83. The summed E-state index contributed by atoms with van der Waals surface area (Å²) in [5.74, 6) is 0. The van der Waals surface area contributed by atoms with Crippen LogP contribution in [0.2, 0.25) is 0 Å². The first kappa shape index (κ1) is 12.2. The molecule has 0 saturated carbocycles. The number of aromatic nitrogens is 1. The van der Waals surface area contributed by atoms with E-state index >= 15 is 0 Å². The molecule has 0 aliphatic rings. The van der Waals surface area contributed by atoms with Crippen LogP contribution in [0, 0.1) is 0 Å². The summed E-state index contributed by atoms with van der Waals surface area (Å²) in [5.41, 5.74) is 1.03. The van der Waals surface area contributed by atoms with Gasteiger partial charge in [-0.2, -0.15) is 0 Å². The number of nitrogens with zero attached hydrogens (tertiary/aromatic N) is 1. The Bertz CT molecular complexity index is 173. The molecule has 0 amide bonds. The highest BCUT2D eigenvalue weighted by Crippen LogP contribution is 2.01. The van der Waals surface area contributed by atoms with E-state index in [9.17, 15) is 0 Å². The minimum Gasteiger partial charge on any atom is -0.385 e. The molecule has 1 aromatic rings. The average Bonchev–Trinajstić information content (AvgIpc) is 2.68. The molecular formula is C10H19NO2. The molecule has 0 unspecified atom stereocenters. The van der Waals surface area contributed by atoms with Gasteiger partial charge in [0.25, 0.3) is 0 Å². The molecule has 0 bridgehead atoms. The summed E-state index contributed by atoms with van der Waals surface area (Å²) in [6.07, 6.45) is 4.79. The molecule has 0 aliphatic carbocycles. The molecule has 1 heterocycles. The largest absolute Gasteiger partial charge is 0.385 e. The topological polar surface area (TPSA) is 35.3 Å². The van der Waals surface area contributed by atoms with Crippen LogP contribution in [0.5, 0.6) is 0 Å². The van der Waals surface area contributed by atoms with E-state index in [1.54, 1.807) is 13.4 Å². The van der Waals surface area contributed by atoms with Crippen LogP contribution < -0.4 is 0 Å². The summed E-state index contributed by atoms with van der Waals surface area (Å²) < 4.78 is 9.61. The van der Waals surface area contributed by atoms with E-state index in [4.69, 9.17) is 9.26 Å². The summed E-state index contributed by atoms with van der Waals surface area (Å²) in [4.78, 5) is 0. The van der Waals surface area contributed by atoms with Crippen LogP contribution in [0.15, 0.2) is 16.9 Å². The second-order valence-corrected chi connectivity index (χ2v) is 2.44. The Morgan fingerprint density at radius 1 is 1.38 bits per heavy atom. The van der Waals surface area contributed by atoms with Crippen molar-refractivity contribution < 1.29 is 9.26 Å². The summed E-state index contributed by atoms with van der Waals surface area (Å²) >= 11 is 0. The molecule has 0 aromatic carbocycles. The number of rotatable bonds is 5. The lowest BCUT2D eigenvalue weighted by molar-refractivity contribution is 0.192. The summed E-state index contributed by atoms with van der Waals surface area (Å²) in [5, 5.41) is 3.80. The predicted octanol–water partition coefficient (Wildman–Crippen LogP) is 2.67. The Morgan fingerprint density at radius 2 is 2.15 bits per heavy atom. The maximum absolute atomic E-state index is 4.92. The van der Waals surface area contributed by atoms with Gasteiger partial charge in [-0.1, -0.05) is 19.0 Å². The van der Waals surface area contributed by atoms with E-state index in [0.717, 1.165) is 31.6 Å². The third kappa shape index (κ3) is 6.34. The quantitative estimate of drug-likeness (QED) is 0.661. The highest BCUT2D eigenvalue weighted by atomic mass is 16.5. The van der Waals surface area contributed by atoms with Crippen LogP contribution in [0.3, 0.4) is 0 Å². The molecule has 0 radical (unpaired) electrons. The Morgan fingerprint density at radius 3 is 2.69 bits per heavy atom. The van der Waals surface area contributed by atoms with E-state index in [2.05, 4.69) is 5.16 Å². The molecule has 13 heavy (non-hydrogen) atoms. The van der Waals surface area contributed by atoms with E-state index in [-0.39, 0.29) is 0 Å². The Kier molecular flexibility index (Phi) is 8.67. The van der Waals surface area contributed by atoms with Crippen LogP contribution >= 0.6 is 0 Å². The molecule has 1 rings (SSSR count). The average molecular weight is 185 g/mol. The van der Waals surface area contributed by atoms with Gasteiger partial charge in [-0.25, -0.2) is 0 Å². The van der Waals surface area contributed by atoms with Crippen molar-refractivity contribution in [2.45, 2.75) is 33.1 Å². The van der Waals surface area contributed by atoms with Crippen molar-refractivity contribution in [2.75, 3.05) is 13.7 Å². The zero-order valence-corrected chi connectivity index (χ0v) is 8.75. The first-order chi connectivity index (χ1) is 6.43. The molecule has 76 valence electrons. The van der Waals surface area contributed by atoms with E-state index in [1.807, 2.05) is 19.9 Å². The third-order valence-electron chi connectivity index (χ3n) is 1.52. The molecule has 3 nitrogen and oxygen atoms in total. The number of aryl methyl sites for hydroxylation is 1. The van der Waals surface area contributed by atoms with Crippen molar-refractivity contribution in [3.8, 4) is 0 Å². The SMILES string of the molecule is CC.COCCCCc1ccon1. The number of hydrogen-bond acceptors (Lipinski definition) is 3. The molecule has 0 spiro atoms. The Labute approximate surface area is 80.1 Å². The first-order valence-corrected chi connectivity index (χ1v) is 4.81. The zero-order chi connectivity index (χ0) is 9.94. The van der Waals surface area contributed by atoms with Gasteiger partial charge in [0.2, 0.25) is 0 Å². The number of methoxy groups -OCH3 is 1.